The van der Waals surface area contributed by atoms with Crippen molar-refractivity contribution in [3.05, 3.63) is 26.5 Å². The van der Waals surface area contributed by atoms with E-state index in [1.807, 2.05) is 0 Å². The van der Waals surface area contributed by atoms with Crippen molar-refractivity contribution in [3.8, 4) is 0 Å². The maximum Gasteiger partial charge on any atom is 0.312 e. The molecule has 8 heteroatoms. The van der Waals surface area contributed by atoms with Crippen molar-refractivity contribution in [3.63, 3.8) is 0 Å². The van der Waals surface area contributed by atoms with Gasteiger partial charge in [-0.3, -0.25) is 10.1 Å². The van der Waals surface area contributed by atoms with Gasteiger partial charge >= 0.3 is 5.69 Å². The number of anilines is 1. The van der Waals surface area contributed by atoms with E-state index in [2.05, 4.69) is 20.9 Å². The van der Waals surface area contributed by atoms with Crippen LogP contribution in [0.25, 0.3) is 0 Å². The minimum Gasteiger partial charge on any atom is -0.397 e. The lowest BCUT2D eigenvalue weighted by atomic mass is 10.2. The summed E-state index contributed by atoms with van der Waals surface area (Å²) in [5.74, 6) is 0. The number of nitrogens with zero attached hydrogens (tertiary/aromatic N) is 2. The molecule has 0 bridgehead atoms. The van der Waals surface area contributed by atoms with Crippen LogP contribution in [0.1, 0.15) is 12.0 Å². The number of aromatic nitrogens is 1. The molecule has 76 valence electrons. The zero-order valence-corrected chi connectivity index (χ0v) is 8.16. The molecule has 0 aliphatic rings. The summed E-state index contributed by atoms with van der Waals surface area (Å²) in [4.78, 5) is 13.0. The summed E-state index contributed by atoms with van der Waals surface area (Å²) in [6, 6.07) is 0. The lowest BCUT2D eigenvalue weighted by Gasteiger charge is -2.05. The molecular formula is C6H4BrF2N3O2. The number of hydrogen-bond acceptors (Lipinski definition) is 4. The fourth-order valence-electron chi connectivity index (χ4n) is 0.908. The van der Waals surface area contributed by atoms with Gasteiger partial charge in [0.2, 0.25) is 0 Å². The molecule has 1 heterocycles. The second kappa shape index (κ2) is 3.82. The summed E-state index contributed by atoms with van der Waals surface area (Å²) < 4.78 is 24.5. The molecule has 1 rings (SSSR count). The SMILES string of the molecule is Nc1cnc(Br)c([N+](=O)[O-])c1C(F)F. The topological polar surface area (TPSA) is 82.0 Å². The van der Waals surface area contributed by atoms with Crippen LogP contribution in [-0.4, -0.2) is 9.91 Å². The third-order valence-corrected chi connectivity index (χ3v) is 2.06. The molecule has 0 aromatic carbocycles. The molecular weight excluding hydrogens is 264 g/mol. The van der Waals surface area contributed by atoms with E-state index in [1.165, 1.54) is 0 Å². The first-order valence-electron chi connectivity index (χ1n) is 3.31. The average molecular weight is 268 g/mol. The van der Waals surface area contributed by atoms with Crippen LogP contribution in [0.2, 0.25) is 0 Å². The molecule has 0 amide bonds. The molecule has 1 aromatic rings. The first-order chi connectivity index (χ1) is 6.45. The molecule has 0 saturated carbocycles. The molecule has 0 saturated heterocycles. The van der Waals surface area contributed by atoms with Gasteiger partial charge in [0, 0.05) is 0 Å². The number of hydrogen-bond donors (Lipinski definition) is 1. The molecule has 0 fully saturated rings. The number of pyridine rings is 1. The van der Waals surface area contributed by atoms with E-state index in [4.69, 9.17) is 5.73 Å². The van der Waals surface area contributed by atoms with Gasteiger partial charge in [0.15, 0.2) is 4.60 Å². The average Bonchev–Trinajstić information content (AvgIpc) is 2.07. The molecule has 0 unspecified atom stereocenters. The largest absolute Gasteiger partial charge is 0.397 e. The molecule has 0 spiro atoms. The summed E-state index contributed by atoms with van der Waals surface area (Å²) in [6.45, 7) is 0. The summed E-state index contributed by atoms with van der Waals surface area (Å²) >= 11 is 2.71. The second-order valence-corrected chi connectivity index (χ2v) is 3.08. The molecule has 0 aliphatic carbocycles. The van der Waals surface area contributed by atoms with Gasteiger partial charge in [-0.25, -0.2) is 13.8 Å². The van der Waals surface area contributed by atoms with Crippen molar-refractivity contribution in [2.24, 2.45) is 0 Å². The van der Waals surface area contributed by atoms with Crippen LogP contribution >= 0.6 is 15.9 Å². The van der Waals surface area contributed by atoms with Crippen LogP contribution in [0, 0.1) is 10.1 Å². The first kappa shape index (κ1) is 10.8. The third-order valence-electron chi connectivity index (χ3n) is 1.48. The predicted octanol–water partition coefficient (Wildman–Crippen LogP) is 2.27. The maximum absolute atomic E-state index is 12.4. The van der Waals surface area contributed by atoms with Gasteiger partial charge in [0.05, 0.1) is 16.8 Å². The molecule has 14 heavy (non-hydrogen) atoms. The highest BCUT2D eigenvalue weighted by atomic mass is 79.9. The zero-order chi connectivity index (χ0) is 10.9. The molecule has 0 radical (unpaired) electrons. The normalized spacial score (nSPS) is 10.6. The van der Waals surface area contributed by atoms with Gasteiger partial charge in [-0.2, -0.15) is 0 Å². The van der Waals surface area contributed by atoms with Crippen LogP contribution in [0.4, 0.5) is 20.2 Å². The van der Waals surface area contributed by atoms with E-state index in [0.29, 0.717) is 0 Å². The fraction of sp³-hybridized carbons (Fsp3) is 0.167. The minimum absolute atomic E-state index is 0.257. The van der Waals surface area contributed by atoms with E-state index in [9.17, 15) is 18.9 Å². The number of nitrogen functional groups attached to an aromatic ring is 1. The highest BCUT2D eigenvalue weighted by molar-refractivity contribution is 9.10. The van der Waals surface area contributed by atoms with Crippen LogP contribution in [0.3, 0.4) is 0 Å². The quantitative estimate of drug-likeness (QED) is 0.506. The Bertz CT molecular complexity index is 386. The summed E-state index contributed by atoms with van der Waals surface area (Å²) in [5, 5.41) is 10.4. The van der Waals surface area contributed by atoms with Crippen molar-refractivity contribution in [1.82, 2.24) is 4.98 Å². The molecule has 1 aromatic heterocycles. The molecule has 0 atom stereocenters. The van der Waals surface area contributed by atoms with Crippen LogP contribution in [0.5, 0.6) is 0 Å². The Labute approximate surface area is 85.2 Å². The number of rotatable bonds is 2. The van der Waals surface area contributed by atoms with Gasteiger partial charge in [-0.15, -0.1) is 0 Å². The van der Waals surface area contributed by atoms with Crippen molar-refractivity contribution >= 4 is 27.3 Å². The van der Waals surface area contributed by atoms with Crippen molar-refractivity contribution in [2.75, 3.05) is 5.73 Å². The lowest BCUT2D eigenvalue weighted by Crippen LogP contribution is -2.03. The van der Waals surface area contributed by atoms with E-state index in [1.54, 1.807) is 0 Å². The molecule has 5 nitrogen and oxygen atoms in total. The smallest absolute Gasteiger partial charge is 0.312 e. The van der Waals surface area contributed by atoms with Crippen molar-refractivity contribution in [2.45, 2.75) is 6.43 Å². The van der Waals surface area contributed by atoms with Crippen LogP contribution in [0.15, 0.2) is 10.8 Å². The summed E-state index contributed by atoms with van der Waals surface area (Å²) in [6.07, 6.45) is -2.06. The van der Waals surface area contributed by atoms with E-state index >= 15 is 0 Å². The van der Waals surface area contributed by atoms with Crippen LogP contribution < -0.4 is 5.73 Å². The van der Waals surface area contributed by atoms with Gasteiger partial charge in [-0.1, -0.05) is 0 Å². The highest BCUT2D eigenvalue weighted by Crippen LogP contribution is 2.37. The number of halogens is 3. The minimum atomic E-state index is -3.00. The van der Waals surface area contributed by atoms with Gasteiger partial charge in [0.1, 0.15) is 5.56 Å². The Morgan fingerprint density at radius 1 is 1.64 bits per heavy atom. The predicted molar refractivity (Wildman–Crippen MR) is 48.0 cm³/mol. The van der Waals surface area contributed by atoms with E-state index in [0.717, 1.165) is 6.20 Å². The lowest BCUT2D eigenvalue weighted by molar-refractivity contribution is -0.387. The Balaban J connectivity index is 3.50. The number of alkyl halides is 2. The molecule has 2 N–H and O–H groups in total. The third kappa shape index (κ3) is 1.79. The fourth-order valence-corrected chi connectivity index (χ4v) is 1.37. The van der Waals surface area contributed by atoms with Gasteiger partial charge < -0.3 is 5.73 Å². The zero-order valence-electron chi connectivity index (χ0n) is 6.58. The van der Waals surface area contributed by atoms with Gasteiger partial charge in [0.25, 0.3) is 6.43 Å². The van der Waals surface area contributed by atoms with E-state index in [-0.39, 0.29) is 4.60 Å². The standard InChI is InChI=1S/C6H4BrF2N3O2/c7-5-4(12(13)14)3(6(8)9)2(10)1-11-5/h1,6H,10H2. The Hall–Kier alpha value is -1.31. The maximum atomic E-state index is 12.4. The van der Waals surface area contributed by atoms with Crippen molar-refractivity contribution < 1.29 is 13.7 Å². The first-order valence-corrected chi connectivity index (χ1v) is 4.11. The summed E-state index contributed by atoms with van der Waals surface area (Å²) in [7, 11) is 0. The monoisotopic (exact) mass is 267 g/mol. The highest BCUT2D eigenvalue weighted by Gasteiger charge is 2.28. The molecule has 0 aliphatic heterocycles. The van der Waals surface area contributed by atoms with Gasteiger partial charge in [-0.05, 0) is 15.9 Å². The Kier molecular flexibility index (Phi) is 2.94. The Morgan fingerprint density at radius 2 is 2.21 bits per heavy atom. The van der Waals surface area contributed by atoms with Crippen molar-refractivity contribution in [1.29, 1.82) is 0 Å². The Morgan fingerprint density at radius 3 is 2.57 bits per heavy atom. The summed E-state index contributed by atoms with van der Waals surface area (Å²) in [5.41, 5.74) is 3.17. The number of nitrogens with two attached hydrogens (primary N) is 1. The van der Waals surface area contributed by atoms with E-state index < -0.39 is 28.3 Å². The number of nitro groups is 1. The van der Waals surface area contributed by atoms with Crippen LogP contribution in [-0.2, 0) is 0 Å². The second-order valence-electron chi connectivity index (χ2n) is 2.32.